The molecule has 0 amide bonds. The first-order chi connectivity index (χ1) is 13.0. The van der Waals surface area contributed by atoms with E-state index in [1.54, 1.807) is 0 Å². The molecule has 0 spiro atoms. The summed E-state index contributed by atoms with van der Waals surface area (Å²) in [6.07, 6.45) is 0. The molecule has 0 heterocycles. The van der Waals surface area contributed by atoms with Gasteiger partial charge in [-0.2, -0.15) is 0 Å². The molecule has 0 bridgehead atoms. The fourth-order valence-electron chi connectivity index (χ4n) is 2.88. The average Bonchev–Trinajstić information content (AvgIpc) is 2.65. The van der Waals surface area contributed by atoms with Crippen molar-refractivity contribution in [1.29, 1.82) is 0 Å². The monoisotopic (exact) mass is 386 g/mol. The standard InChI is InChI=1S/C20H18O8/c1-11-7-3-5-9-13(11)15(21)19(27,17(23)24)20(28,18(25)26)16(22)14-10-6-4-8-12(14)2/h3-10,27-28H,1-2H3,(H,23,24)(H,25,26)/t19-,20-/m0/s1. The molecule has 0 radical (unpaired) electrons. The van der Waals surface area contributed by atoms with Crippen LogP contribution in [-0.2, 0) is 9.59 Å². The summed E-state index contributed by atoms with van der Waals surface area (Å²) < 4.78 is 0. The van der Waals surface area contributed by atoms with E-state index >= 15 is 0 Å². The third-order valence-corrected chi connectivity index (χ3v) is 4.58. The maximum Gasteiger partial charge on any atom is 0.348 e. The summed E-state index contributed by atoms with van der Waals surface area (Å²) in [5, 5.41) is 40.6. The van der Waals surface area contributed by atoms with Gasteiger partial charge in [-0.25, -0.2) is 9.59 Å². The Bertz CT molecular complexity index is 900. The molecule has 4 N–H and O–H groups in total. The van der Waals surface area contributed by atoms with E-state index in [9.17, 15) is 39.6 Å². The normalized spacial score (nSPS) is 15.1. The van der Waals surface area contributed by atoms with Gasteiger partial charge < -0.3 is 20.4 Å². The van der Waals surface area contributed by atoms with Gasteiger partial charge in [0.05, 0.1) is 0 Å². The van der Waals surface area contributed by atoms with Crippen LogP contribution >= 0.6 is 0 Å². The zero-order valence-corrected chi connectivity index (χ0v) is 15.0. The summed E-state index contributed by atoms with van der Waals surface area (Å²) in [6, 6.07) is 11.0. The first-order valence-corrected chi connectivity index (χ1v) is 8.12. The lowest BCUT2D eigenvalue weighted by molar-refractivity contribution is -0.187. The van der Waals surface area contributed by atoms with Crippen LogP contribution in [0.15, 0.2) is 48.5 Å². The topological polar surface area (TPSA) is 149 Å². The predicted octanol–water partition coefficient (Wildman–Crippen LogP) is 1.00. The summed E-state index contributed by atoms with van der Waals surface area (Å²) in [5.74, 6) is -7.98. The molecule has 8 nitrogen and oxygen atoms in total. The van der Waals surface area contributed by atoms with E-state index in [1.807, 2.05) is 0 Å². The van der Waals surface area contributed by atoms with Crippen molar-refractivity contribution >= 4 is 23.5 Å². The molecule has 0 aromatic heterocycles. The number of aliphatic hydroxyl groups is 2. The van der Waals surface area contributed by atoms with Crippen molar-refractivity contribution in [1.82, 2.24) is 0 Å². The number of carbonyl (C=O) groups is 4. The second kappa shape index (κ2) is 7.34. The highest BCUT2D eigenvalue weighted by atomic mass is 16.5. The number of carboxylic acid groups (broad SMARTS) is 2. The highest BCUT2D eigenvalue weighted by Gasteiger charge is 2.70. The summed E-state index contributed by atoms with van der Waals surface area (Å²) in [5.41, 5.74) is -8.17. The van der Waals surface area contributed by atoms with Crippen molar-refractivity contribution < 1.29 is 39.6 Å². The number of Topliss-reactive ketones (excluding diaryl/α,β-unsaturated/α-hetero) is 2. The molecular weight excluding hydrogens is 368 g/mol. The summed E-state index contributed by atoms with van der Waals surface area (Å²) in [6.45, 7) is 2.86. The molecule has 146 valence electrons. The van der Waals surface area contributed by atoms with E-state index in [-0.39, 0.29) is 22.3 Å². The second-order valence-corrected chi connectivity index (χ2v) is 6.32. The minimum Gasteiger partial charge on any atom is -0.479 e. The summed E-state index contributed by atoms with van der Waals surface area (Å²) in [4.78, 5) is 49.5. The number of carbonyl (C=O) groups excluding carboxylic acids is 2. The molecule has 28 heavy (non-hydrogen) atoms. The maximum atomic E-state index is 12.9. The highest BCUT2D eigenvalue weighted by molar-refractivity contribution is 6.28. The van der Waals surface area contributed by atoms with Gasteiger partial charge in [0, 0.05) is 11.1 Å². The van der Waals surface area contributed by atoms with Gasteiger partial charge >= 0.3 is 11.9 Å². The van der Waals surface area contributed by atoms with E-state index in [1.165, 1.54) is 50.2 Å². The van der Waals surface area contributed by atoms with Gasteiger partial charge in [0.1, 0.15) is 0 Å². The van der Waals surface area contributed by atoms with Gasteiger partial charge in [-0.1, -0.05) is 48.5 Å². The van der Waals surface area contributed by atoms with Crippen LogP contribution in [0.5, 0.6) is 0 Å². The molecule has 0 saturated heterocycles. The number of carboxylic acids is 2. The molecule has 0 fully saturated rings. The number of rotatable bonds is 7. The van der Waals surface area contributed by atoms with Crippen molar-refractivity contribution in [2.24, 2.45) is 0 Å². The summed E-state index contributed by atoms with van der Waals surface area (Å²) in [7, 11) is 0. The number of ketones is 2. The minimum absolute atomic E-state index is 0.225. The van der Waals surface area contributed by atoms with Gasteiger partial charge in [-0.05, 0) is 25.0 Å². The third kappa shape index (κ3) is 2.98. The van der Waals surface area contributed by atoms with E-state index in [4.69, 9.17) is 0 Å². The van der Waals surface area contributed by atoms with Gasteiger partial charge in [0.25, 0.3) is 11.2 Å². The fourth-order valence-corrected chi connectivity index (χ4v) is 2.88. The quantitative estimate of drug-likeness (QED) is 0.407. The Morgan fingerprint density at radius 3 is 1.18 bits per heavy atom. The molecule has 2 rings (SSSR count). The molecule has 2 atom stereocenters. The lowest BCUT2D eigenvalue weighted by Gasteiger charge is -2.35. The molecule has 0 aliphatic heterocycles. The molecule has 0 aliphatic rings. The number of aliphatic carboxylic acids is 2. The Morgan fingerprint density at radius 2 is 0.929 bits per heavy atom. The molecular formula is C20H18O8. The van der Waals surface area contributed by atoms with Crippen LogP contribution in [0.1, 0.15) is 31.8 Å². The third-order valence-electron chi connectivity index (χ3n) is 4.58. The predicted molar refractivity (Wildman–Crippen MR) is 96.2 cm³/mol. The smallest absolute Gasteiger partial charge is 0.348 e. The minimum atomic E-state index is -3.97. The van der Waals surface area contributed by atoms with Crippen LogP contribution in [0, 0.1) is 13.8 Å². The molecule has 2 aromatic rings. The Morgan fingerprint density at radius 1 is 0.643 bits per heavy atom. The van der Waals surface area contributed by atoms with Gasteiger partial charge in [0.2, 0.25) is 11.6 Å². The van der Waals surface area contributed by atoms with Crippen LogP contribution in [0.4, 0.5) is 0 Å². The lowest BCUT2D eigenvalue weighted by atomic mass is 9.72. The van der Waals surface area contributed by atoms with E-state index < -0.39 is 34.7 Å². The van der Waals surface area contributed by atoms with E-state index in [2.05, 4.69) is 0 Å². The van der Waals surface area contributed by atoms with Crippen LogP contribution < -0.4 is 0 Å². The maximum absolute atomic E-state index is 12.9. The molecule has 2 aromatic carbocycles. The Hall–Kier alpha value is -3.36. The van der Waals surface area contributed by atoms with Crippen molar-refractivity contribution in [3.8, 4) is 0 Å². The Kier molecular flexibility index (Phi) is 5.49. The Balaban J connectivity index is 2.78. The highest BCUT2D eigenvalue weighted by Crippen LogP contribution is 2.33. The fraction of sp³-hybridized carbons (Fsp3) is 0.200. The van der Waals surface area contributed by atoms with Gasteiger partial charge in [0.15, 0.2) is 0 Å². The van der Waals surface area contributed by atoms with Gasteiger partial charge in [-0.3, -0.25) is 9.59 Å². The van der Waals surface area contributed by atoms with Crippen molar-refractivity contribution in [2.45, 2.75) is 25.0 Å². The zero-order chi connectivity index (χ0) is 21.3. The number of aryl methyl sites for hydroxylation is 2. The first kappa shape index (κ1) is 20.9. The average molecular weight is 386 g/mol. The lowest BCUT2D eigenvalue weighted by Crippen LogP contribution is -2.71. The SMILES string of the molecule is Cc1ccccc1C(=O)[C@](O)(C(=O)O)[C@@](O)(C(=O)O)C(=O)c1ccccc1C. The molecule has 0 unspecified atom stereocenters. The van der Waals surface area contributed by atoms with Crippen LogP contribution in [0.3, 0.4) is 0 Å². The number of hydrogen-bond acceptors (Lipinski definition) is 6. The molecule has 8 heteroatoms. The number of benzene rings is 2. The van der Waals surface area contributed by atoms with Crippen LogP contribution in [-0.4, -0.2) is 55.1 Å². The van der Waals surface area contributed by atoms with E-state index in [0.717, 1.165) is 12.1 Å². The number of hydrogen-bond donors (Lipinski definition) is 4. The molecule has 0 saturated carbocycles. The first-order valence-electron chi connectivity index (χ1n) is 8.12. The van der Waals surface area contributed by atoms with Crippen molar-refractivity contribution in [3.05, 3.63) is 70.8 Å². The largest absolute Gasteiger partial charge is 0.479 e. The molecule has 0 aliphatic carbocycles. The second-order valence-electron chi connectivity index (χ2n) is 6.32. The van der Waals surface area contributed by atoms with Gasteiger partial charge in [-0.15, -0.1) is 0 Å². The Labute approximate surface area is 159 Å². The van der Waals surface area contributed by atoms with Crippen LogP contribution in [0.25, 0.3) is 0 Å². The zero-order valence-electron chi connectivity index (χ0n) is 15.0. The van der Waals surface area contributed by atoms with Crippen molar-refractivity contribution in [2.75, 3.05) is 0 Å². The van der Waals surface area contributed by atoms with Crippen molar-refractivity contribution in [3.63, 3.8) is 0 Å². The van der Waals surface area contributed by atoms with E-state index in [0.29, 0.717) is 0 Å². The van der Waals surface area contributed by atoms with Crippen LogP contribution in [0.2, 0.25) is 0 Å². The summed E-state index contributed by atoms with van der Waals surface area (Å²) >= 11 is 0.